The highest BCUT2D eigenvalue weighted by Gasteiger charge is 2.25. The van der Waals surface area contributed by atoms with E-state index in [1.165, 1.54) is 18.1 Å². The molecule has 0 saturated carbocycles. The van der Waals surface area contributed by atoms with Gasteiger partial charge in [-0.3, -0.25) is 4.79 Å². The Labute approximate surface area is 154 Å². The molecule has 7 nitrogen and oxygen atoms in total. The van der Waals surface area contributed by atoms with Crippen molar-refractivity contribution in [3.8, 4) is 0 Å². The van der Waals surface area contributed by atoms with Crippen LogP contribution in [-0.4, -0.2) is 32.7 Å². The van der Waals surface area contributed by atoms with Gasteiger partial charge in [0.2, 0.25) is 15.9 Å². The Kier molecular flexibility index (Phi) is 5.50. The first-order chi connectivity index (χ1) is 12.4. The summed E-state index contributed by atoms with van der Waals surface area (Å²) in [6.07, 6.45) is 6.24. The van der Waals surface area contributed by atoms with Crippen molar-refractivity contribution < 1.29 is 18.0 Å². The number of hydrogen-bond donors (Lipinski definition) is 3. The second-order valence-corrected chi connectivity index (χ2v) is 8.79. The van der Waals surface area contributed by atoms with Gasteiger partial charge in [-0.05, 0) is 67.2 Å². The van der Waals surface area contributed by atoms with Crippen LogP contribution in [0, 0.1) is 0 Å². The molecule has 2 aliphatic carbocycles. The highest BCUT2D eigenvalue weighted by Crippen LogP contribution is 2.38. The van der Waals surface area contributed by atoms with E-state index in [1.54, 1.807) is 0 Å². The standard InChI is InChI=1S/C18H25N3O4S/c1-12(22)19-9-4-10-26(24,25)21-18(23)20-17-15-7-2-5-13(15)11-14-6-3-8-16(14)17/h11H,2-10H2,1H3,(H,19,22)(H2,20,21,23). The van der Waals surface area contributed by atoms with Crippen LogP contribution in [0.3, 0.4) is 0 Å². The number of fused-ring (bicyclic) bond motifs is 2. The number of amides is 3. The van der Waals surface area contributed by atoms with Crippen LogP contribution in [0.1, 0.15) is 48.4 Å². The molecule has 26 heavy (non-hydrogen) atoms. The van der Waals surface area contributed by atoms with Gasteiger partial charge in [0.25, 0.3) is 0 Å². The number of carbonyl (C=O) groups is 2. The van der Waals surface area contributed by atoms with Crippen molar-refractivity contribution in [2.24, 2.45) is 0 Å². The maximum atomic E-state index is 12.3. The molecule has 0 saturated heterocycles. The Bertz CT molecular complexity index is 801. The van der Waals surface area contributed by atoms with Gasteiger partial charge in [-0.25, -0.2) is 17.9 Å². The van der Waals surface area contributed by atoms with Gasteiger partial charge in [-0.15, -0.1) is 0 Å². The zero-order valence-electron chi connectivity index (χ0n) is 15.0. The Morgan fingerprint density at radius 2 is 1.65 bits per heavy atom. The third-order valence-corrected chi connectivity index (χ3v) is 6.25. The molecule has 0 heterocycles. The fourth-order valence-corrected chi connectivity index (χ4v) is 4.79. The van der Waals surface area contributed by atoms with Crippen LogP contribution in [0.5, 0.6) is 0 Å². The first-order valence-corrected chi connectivity index (χ1v) is 10.7. The molecule has 3 amide bonds. The lowest BCUT2D eigenvalue weighted by Crippen LogP contribution is -2.37. The van der Waals surface area contributed by atoms with E-state index >= 15 is 0 Å². The van der Waals surface area contributed by atoms with Gasteiger partial charge in [0.05, 0.1) is 5.75 Å². The molecule has 3 N–H and O–H groups in total. The van der Waals surface area contributed by atoms with Crippen molar-refractivity contribution in [3.05, 3.63) is 28.3 Å². The summed E-state index contributed by atoms with van der Waals surface area (Å²) in [5.41, 5.74) is 5.68. The summed E-state index contributed by atoms with van der Waals surface area (Å²) in [5.74, 6) is -0.425. The minimum absolute atomic E-state index is 0.208. The number of benzene rings is 1. The fourth-order valence-electron chi connectivity index (χ4n) is 3.83. The Balaban J connectivity index is 1.65. The number of rotatable bonds is 6. The van der Waals surface area contributed by atoms with Gasteiger partial charge in [0, 0.05) is 19.2 Å². The van der Waals surface area contributed by atoms with Crippen molar-refractivity contribution in [2.75, 3.05) is 17.6 Å². The Hall–Kier alpha value is -2.09. The number of nitrogens with one attached hydrogen (secondary N) is 3. The molecule has 1 aromatic carbocycles. The summed E-state index contributed by atoms with van der Waals surface area (Å²) < 4.78 is 26.2. The third kappa shape index (κ3) is 4.35. The lowest BCUT2D eigenvalue weighted by Gasteiger charge is -2.16. The van der Waals surface area contributed by atoms with Crippen molar-refractivity contribution in [2.45, 2.75) is 51.9 Å². The minimum Gasteiger partial charge on any atom is -0.356 e. The second-order valence-electron chi connectivity index (χ2n) is 6.95. The molecule has 0 spiro atoms. The van der Waals surface area contributed by atoms with Crippen LogP contribution >= 0.6 is 0 Å². The number of aryl methyl sites for hydroxylation is 2. The van der Waals surface area contributed by atoms with Crippen LogP contribution in [0.15, 0.2) is 6.07 Å². The molecular weight excluding hydrogens is 354 g/mol. The largest absolute Gasteiger partial charge is 0.356 e. The first-order valence-electron chi connectivity index (χ1n) is 9.08. The van der Waals surface area contributed by atoms with Crippen LogP contribution < -0.4 is 15.4 Å². The van der Waals surface area contributed by atoms with E-state index in [0.29, 0.717) is 0 Å². The predicted molar refractivity (Wildman–Crippen MR) is 99.7 cm³/mol. The van der Waals surface area contributed by atoms with E-state index in [-0.39, 0.29) is 24.6 Å². The SMILES string of the molecule is CC(=O)NCCCS(=O)(=O)NC(=O)Nc1c2c(cc3c1CCC3)CCC2. The van der Waals surface area contributed by atoms with Crippen molar-refractivity contribution in [1.82, 2.24) is 10.0 Å². The number of carbonyl (C=O) groups excluding carboxylic acids is 2. The minimum atomic E-state index is -3.74. The van der Waals surface area contributed by atoms with E-state index in [1.807, 2.05) is 0 Å². The van der Waals surface area contributed by atoms with Crippen molar-refractivity contribution in [1.29, 1.82) is 0 Å². The first kappa shape index (κ1) is 18.7. The second kappa shape index (κ2) is 7.65. The zero-order chi connectivity index (χ0) is 18.7. The van der Waals surface area contributed by atoms with Gasteiger partial charge < -0.3 is 10.6 Å². The van der Waals surface area contributed by atoms with E-state index in [9.17, 15) is 18.0 Å². The lowest BCUT2D eigenvalue weighted by atomic mass is 9.99. The summed E-state index contributed by atoms with van der Waals surface area (Å²) in [6, 6.07) is 1.55. The smallest absolute Gasteiger partial charge is 0.332 e. The average Bonchev–Trinajstić information content (AvgIpc) is 3.19. The number of sulfonamides is 1. The maximum absolute atomic E-state index is 12.3. The van der Waals surface area contributed by atoms with E-state index in [0.717, 1.165) is 55.3 Å². The van der Waals surface area contributed by atoms with Crippen LogP contribution in [-0.2, 0) is 40.5 Å². The Morgan fingerprint density at radius 3 is 2.23 bits per heavy atom. The topological polar surface area (TPSA) is 104 Å². The predicted octanol–water partition coefficient (Wildman–Crippen LogP) is 1.64. The van der Waals surface area contributed by atoms with E-state index < -0.39 is 16.1 Å². The maximum Gasteiger partial charge on any atom is 0.332 e. The summed E-state index contributed by atoms with van der Waals surface area (Å²) in [6.45, 7) is 1.63. The summed E-state index contributed by atoms with van der Waals surface area (Å²) in [7, 11) is -3.74. The van der Waals surface area contributed by atoms with Crippen molar-refractivity contribution >= 4 is 27.6 Å². The molecule has 3 rings (SSSR count). The molecule has 0 unspecified atom stereocenters. The van der Waals surface area contributed by atoms with Crippen LogP contribution in [0.2, 0.25) is 0 Å². The van der Waals surface area contributed by atoms with E-state index in [2.05, 4.69) is 21.4 Å². The fraction of sp³-hybridized carbons (Fsp3) is 0.556. The van der Waals surface area contributed by atoms with Crippen molar-refractivity contribution in [3.63, 3.8) is 0 Å². The molecule has 2 aliphatic rings. The zero-order valence-corrected chi connectivity index (χ0v) is 15.8. The lowest BCUT2D eigenvalue weighted by molar-refractivity contribution is -0.118. The average molecular weight is 379 g/mol. The normalized spacial score (nSPS) is 15.3. The van der Waals surface area contributed by atoms with E-state index in [4.69, 9.17) is 0 Å². The van der Waals surface area contributed by atoms with Gasteiger partial charge in [-0.1, -0.05) is 6.07 Å². The molecule has 0 radical (unpaired) electrons. The highest BCUT2D eigenvalue weighted by molar-refractivity contribution is 7.90. The van der Waals surface area contributed by atoms with Gasteiger partial charge in [0.15, 0.2) is 0 Å². The summed E-state index contributed by atoms with van der Waals surface area (Å²) in [4.78, 5) is 23.1. The summed E-state index contributed by atoms with van der Waals surface area (Å²) >= 11 is 0. The van der Waals surface area contributed by atoms with Gasteiger partial charge >= 0.3 is 6.03 Å². The van der Waals surface area contributed by atoms with Crippen LogP contribution in [0.4, 0.5) is 10.5 Å². The molecule has 0 fully saturated rings. The molecule has 0 atom stereocenters. The molecule has 0 bridgehead atoms. The molecule has 0 aromatic heterocycles. The summed E-state index contributed by atoms with van der Waals surface area (Å²) in [5, 5.41) is 5.34. The number of urea groups is 1. The molecule has 142 valence electrons. The molecule has 8 heteroatoms. The number of anilines is 1. The molecular formula is C18H25N3O4S. The number of hydrogen-bond acceptors (Lipinski definition) is 4. The monoisotopic (exact) mass is 379 g/mol. The van der Waals surface area contributed by atoms with Gasteiger partial charge in [-0.2, -0.15) is 0 Å². The third-order valence-electron chi connectivity index (χ3n) is 4.92. The Morgan fingerprint density at radius 1 is 1.04 bits per heavy atom. The van der Waals surface area contributed by atoms with Crippen LogP contribution in [0.25, 0.3) is 0 Å². The highest BCUT2D eigenvalue weighted by atomic mass is 32.2. The molecule has 0 aliphatic heterocycles. The molecule has 1 aromatic rings. The quantitative estimate of drug-likeness (QED) is 0.654. The van der Waals surface area contributed by atoms with Gasteiger partial charge in [0.1, 0.15) is 0 Å².